The fourth-order valence-electron chi connectivity index (χ4n) is 2.73. The zero-order valence-corrected chi connectivity index (χ0v) is 16.3. The van der Waals surface area contributed by atoms with E-state index in [4.69, 9.17) is 9.47 Å². The Hall–Kier alpha value is -2.29. The second-order valence-electron chi connectivity index (χ2n) is 6.84. The molecule has 1 atom stereocenters. The number of ether oxygens (including phenoxy) is 2. The van der Waals surface area contributed by atoms with Crippen LogP contribution in [0, 0.1) is 11.8 Å². The Kier molecular flexibility index (Phi) is 7.06. The third kappa shape index (κ3) is 6.13. The van der Waals surface area contributed by atoms with Crippen molar-refractivity contribution in [2.75, 3.05) is 25.5 Å². The number of aliphatic carboxylic acids is 1. The molecular formula is C18H25NO7S. The van der Waals surface area contributed by atoms with E-state index in [1.54, 1.807) is 0 Å². The number of carboxylic acids is 1. The summed E-state index contributed by atoms with van der Waals surface area (Å²) < 4.78 is 35.6. The van der Waals surface area contributed by atoms with Crippen LogP contribution in [0.25, 0.3) is 0 Å². The summed E-state index contributed by atoms with van der Waals surface area (Å²) in [6.45, 7) is 4.54. The van der Waals surface area contributed by atoms with E-state index >= 15 is 0 Å². The molecule has 150 valence electrons. The van der Waals surface area contributed by atoms with Gasteiger partial charge in [0.05, 0.1) is 16.6 Å². The van der Waals surface area contributed by atoms with Crippen molar-refractivity contribution in [3.8, 4) is 11.5 Å². The number of rotatable bonds is 9. The standard InChI is InChI=1S/C18H25NO7S/c1-12(2)9-13(18(21)22)11-19-17(20)5-8-27(23,24)14-3-4-15-16(10-14)26-7-6-25-15/h3-4,10,12-13H,5-9,11H2,1-2H3,(H,19,20)(H,21,22). The van der Waals surface area contributed by atoms with Crippen molar-refractivity contribution in [3.05, 3.63) is 18.2 Å². The second kappa shape index (κ2) is 9.07. The smallest absolute Gasteiger partial charge is 0.308 e. The minimum absolute atomic E-state index is 0.0174. The molecule has 1 aromatic rings. The van der Waals surface area contributed by atoms with Crippen LogP contribution in [0.15, 0.2) is 23.1 Å². The summed E-state index contributed by atoms with van der Waals surface area (Å²) in [5.74, 6) is -1.51. The molecule has 8 nitrogen and oxygen atoms in total. The number of carboxylic acid groups (broad SMARTS) is 1. The van der Waals surface area contributed by atoms with Gasteiger partial charge in [-0.05, 0) is 24.5 Å². The van der Waals surface area contributed by atoms with Gasteiger partial charge in [-0.1, -0.05) is 13.8 Å². The molecule has 2 N–H and O–H groups in total. The van der Waals surface area contributed by atoms with Crippen LogP contribution >= 0.6 is 0 Å². The maximum Gasteiger partial charge on any atom is 0.308 e. The molecule has 0 fully saturated rings. The number of hydrogen-bond acceptors (Lipinski definition) is 6. The molecule has 0 spiro atoms. The highest BCUT2D eigenvalue weighted by Crippen LogP contribution is 2.32. The van der Waals surface area contributed by atoms with Crippen LogP contribution in [0.5, 0.6) is 11.5 Å². The fraction of sp³-hybridized carbons (Fsp3) is 0.556. The molecule has 1 aromatic carbocycles. The lowest BCUT2D eigenvalue weighted by atomic mass is 9.97. The van der Waals surface area contributed by atoms with Crippen molar-refractivity contribution in [3.63, 3.8) is 0 Å². The van der Waals surface area contributed by atoms with E-state index in [0.29, 0.717) is 31.1 Å². The molecule has 0 aromatic heterocycles. The van der Waals surface area contributed by atoms with E-state index in [0.717, 1.165) is 0 Å². The van der Waals surface area contributed by atoms with E-state index in [1.807, 2.05) is 13.8 Å². The SMILES string of the molecule is CC(C)CC(CNC(=O)CCS(=O)(=O)c1ccc2c(c1)OCCO2)C(=O)O. The quantitative estimate of drug-likeness (QED) is 0.645. The van der Waals surface area contributed by atoms with Gasteiger partial charge < -0.3 is 19.9 Å². The number of nitrogens with one attached hydrogen (secondary N) is 1. The lowest BCUT2D eigenvalue weighted by Gasteiger charge is -2.19. The predicted molar refractivity (Wildman–Crippen MR) is 97.7 cm³/mol. The van der Waals surface area contributed by atoms with Gasteiger partial charge in [-0.25, -0.2) is 8.42 Å². The Bertz CT molecular complexity index is 789. The lowest BCUT2D eigenvalue weighted by molar-refractivity contribution is -0.142. The van der Waals surface area contributed by atoms with Gasteiger partial charge in [0, 0.05) is 19.0 Å². The van der Waals surface area contributed by atoms with E-state index < -0.39 is 27.6 Å². The van der Waals surface area contributed by atoms with Crippen LogP contribution in [-0.4, -0.2) is 50.9 Å². The maximum atomic E-state index is 12.4. The Morgan fingerprint density at radius 1 is 1.19 bits per heavy atom. The second-order valence-corrected chi connectivity index (χ2v) is 8.95. The highest BCUT2D eigenvalue weighted by atomic mass is 32.2. The van der Waals surface area contributed by atoms with Crippen LogP contribution < -0.4 is 14.8 Å². The molecular weight excluding hydrogens is 374 g/mol. The zero-order chi connectivity index (χ0) is 20.0. The summed E-state index contributed by atoms with van der Waals surface area (Å²) in [7, 11) is -3.68. The first-order chi connectivity index (χ1) is 12.7. The van der Waals surface area contributed by atoms with Gasteiger partial charge in [0.25, 0.3) is 0 Å². The maximum absolute atomic E-state index is 12.4. The number of amides is 1. The van der Waals surface area contributed by atoms with Crippen molar-refractivity contribution in [1.82, 2.24) is 5.32 Å². The summed E-state index contributed by atoms with van der Waals surface area (Å²) in [4.78, 5) is 23.2. The van der Waals surface area contributed by atoms with Gasteiger partial charge in [0.15, 0.2) is 21.3 Å². The van der Waals surface area contributed by atoms with E-state index in [-0.39, 0.29) is 29.5 Å². The minimum Gasteiger partial charge on any atom is -0.486 e. The van der Waals surface area contributed by atoms with Crippen LogP contribution in [-0.2, 0) is 19.4 Å². The number of carbonyl (C=O) groups excluding carboxylic acids is 1. The number of fused-ring (bicyclic) bond motifs is 1. The van der Waals surface area contributed by atoms with Crippen molar-refractivity contribution in [2.24, 2.45) is 11.8 Å². The molecule has 0 aliphatic carbocycles. The van der Waals surface area contributed by atoms with Crippen molar-refractivity contribution in [1.29, 1.82) is 0 Å². The molecule has 0 bridgehead atoms. The largest absolute Gasteiger partial charge is 0.486 e. The number of carbonyl (C=O) groups is 2. The van der Waals surface area contributed by atoms with Crippen LogP contribution in [0.1, 0.15) is 26.7 Å². The molecule has 9 heteroatoms. The summed E-state index contributed by atoms with van der Waals surface area (Å²) in [5, 5.41) is 11.7. The average molecular weight is 399 g/mol. The summed E-state index contributed by atoms with van der Waals surface area (Å²) in [5.41, 5.74) is 0. The molecule has 1 unspecified atom stereocenters. The van der Waals surface area contributed by atoms with Gasteiger partial charge in [-0.15, -0.1) is 0 Å². The van der Waals surface area contributed by atoms with Gasteiger partial charge in [0.1, 0.15) is 13.2 Å². The Morgan fingerprint density at radius 2 is 1.85 bits per heavy atom. The lowest BCUT2D eigenvalue weighted by Crippen LogP contribution is -2.34. The minimum atomic E-state index is -3.68. The molecule has 27 heavy (non-hydrogen) atoms. The van der Waals surface area contributed by atoms with Crippen LogP contribution in [0.2, 0.25) is 0 Å². The fourth-order valence-corrected chi connectivity index (χ4v) is 3.98. The van der Waals surface area contributed by atoms with Crippen molar-refractivity contribution >= 4 is 21.7 Å². The monoisotopic (exact) mass is 399 g/mol. The summed E-state index contributed by atoms with van der Waals surface area (Å²) in [6, 6.07) is 4.35. The highest BCUT2D eigenvalue weighted by molar-refractivity contribution is 7.91. The first-order valence-corrected chi connectivity index (χ1v) is 10.5. The molecule has 1 heterocycles. The van der Waals surface area contributed by atoms with E-state index in [9.17, 15) is 23.1 Å². The number of sulfone groups is 1. The molecule has 0 saturated carbocycles. The molecule has 1 aliphatic rings. The number of benzene rings is 1. The van der Waals surface area contributed by atoms with Crippen LogP contribution in [0.4, 0.5) is 0 Å². The topological polar surface area (TPSA) is 119 Å². The van der Waals surface area contributed by atoms with Crippen molar-refractivity contribution < 1.29 is 32.6 Å². The van der Waals surface area contributed by atoms with Gasteiger partial charge in [-0.2, -0.15) is 0 Å². The molecule has 1 amide bonds. The highest BCUT2D eigenvalue weighted by Gasteiger charge is 2.22. The first-order valence-electron chi connectivity index (χ1n) is 8.81. The Morgan fingerprint density at radius 3 is 2.48 bits per heavy atom. The van der Waals surface area contributed by atoms with Gasteiger partial charge in [-0.3, -0.25) is 9.59 Å². The van der Waals surface area contributed by atoms with E-state index in [2.05, 4.69) is 5.32 Å². The van der Waals surface area contributed by atoms with Gasteiger partial charge in [0.2, 0.25) is 5.91 Å². The van der Waals surface area contributed by atoms with Crippen molar-refractivity contribution in [2.45, 2.75) is 31.6 Å². The molecule has 2 rings (SSSR count). The van der Waals surface area contributed by atoms with E-state index in [1.165, 1.54) is 18.2 Å². The third-order valence-electron chi connectivity index (χ3n) is 4.12. The first kappa shape index (κ1) is 21.0. The Labute approximate surface area is 158 Å². The Balaban J connectivity index is 1.90. The van der Waals surface area contributed by atoms with Crippen LogP contribution in [0.3, 0.4) is 0 Å². The molecule has 0 radical (unpaired) electrons. The average Bonchev–Trinajstić information content (AvgIpc) is 2.62. The summed E-state index contributed by atoms with van der Waals surface area (Å²) in [6.07, 6.45) is 0.190. The molecule has 0 saturated heterocycles. The number of hydrogen-bond donors (Lipinski definition) is 2. The normalized spacial score (nSPS) is 14.6. The zero-order valence-electron chi connectivity index (χ0n) is 15.4. The predicted octanol–water partition coefficient (Wildman–Crippen LogP) is 1.48. The molecule has 1 aliphatic heterocycles. The summed E-state index contributed by atoms with van der Waals surface area (Å²) >= 11 is 0. The van der Waals surface area contributed by atoms with Gasteiger partial charge >= 0.3 is 5.97 Å². The third-order valence-corrected chi connectivity index (χ3v) is 5.84.